The summed E-state index contributed by atoms with van der Waals surface area (Å²) in [5, 5.41) is 11.3. The molecule has 8 heteroatoms. The quantitative estimate of drug-likeness (QED) is 0.732. The smallest absolute Gasteiger partial charge is 0.225 e. The number of carbonyl (C=O) groups is 1. The minimum atomic E-state index is -0.0810. The van der Waals surface area contributed by atoms with Crippen LogP contribution in [0.4, 0.5) is 5.82 Å². The number of ether oxygens (including phenoxy) is 2. The third-order valence-electron chi connectivity index (χ3n) is 4.46. The molecule has 0 unspecified atom stereocenters. The number of halogens is 1. The monoisotopic (exact) mass is 390 g/mol. The van der Waals surface area contributed by atoms with Crippen LogP contribution in [0.5, 0.6) is 11.5 Å². The van der Waals surface area contributed by atoms with E-state index in [2.05, 4.69) is 20.4 Å². The number of amides is 1. The highest BCUT2D eigenvalue weighted by Crippen LogP contribution is 2.25. The summed E-state index contributed by atoms with van der Waals surface area (Å²) in [6.45, 7) is 2.30. The van der Waals surface area contributed by atoms with E-state index >= 15 is 0 Å². The number of methoxy groups -OCH3 is 1. The molecular weight excluding hydrogens is 368 g/mol. The highest BCUT2D eigenvalue weighted by Gasteiger charge is 2.26. The molecule has 0 spiro atoms. The Morgan fingerprint density at radius 3 is 2.81 bits per heavy atom. The van der Waals surface area contributed by atoms with Crippen LogP contribution in [0.1, 0.15) is 12.8 Å². The van der Waals surface area contributed by atoms with Crippen molar-refractivity contribution in [1.29, 1.82) is 0 Å². The Morgan fingerprint density at radius 1 is 1.26 bits per heavy atom. The van der Waals surface area contributed by atoms with E-state index in [0.29, 0.717) is 36.3 Å². The van der Waals surface area contributed by atoms with Gasteiger partial charge in [0.05, 0.1) is 19.6 Å². The van der Waals surface area contributed by atoms with Crippen LogP contribution in [0.2, 0.25) is 5.15 Å². The van der Waals surface area contributed by atoms with E-state index in [4.69, 9.17) is 21.1 Å². The van der Waals surface area contributed by atoms with Crippen LogP contribution in [0.15, 0.2) is 36.4 Å². The average Bonchev–Trinajstić information content (AvgIpc) is 2.72. The van der Waals surface area contributed by atoms with Crippen LogP contribution in [-0.4, -0.2) is 49.5 Å². The maximum atomic E-state index is 12.5. The van der Waals surface area contributed by atoms with Crippen molar-refractivity contribution in [2.75, 3.05) is 38.3 Å². The van der Waals surface area contributed by atoms with Gasteiger partial charge in [0.25, 0.3) is 0 Å². The van der Waals surface area contributed by atoms with Gasteiger partial charge in [0.15, 0.2) is 22.5 Å². The lowest BCUT2D eigenvalue weighted by Gasteiger charge is -2.32. The van der Waals surface area contributed by atoms with Crippen molar-refractivity contribution >= 4 is 23.3 Å². The second kappa shape index (κ2) is 9.41. The molecule has 1 aromatic heterocycles. The topological polar surface area (TPSA) is 76.6 Å². The molecule has 1 atom stereocenters. The van der Waals surface area contributed by atoms with Gasteiger partial charge in [0.2, 0.25) is 5.91 Å². The highest BCUT2D eigenvalue weighted by molar-refractivity contribution is 6.29. The maximum absolute atomic E-state index is 12.5. The molecule has 3 rings (SSSR count). The molecule has 1 aliphatic heterocycles. The SMILES string of the molecule is COc1ccccc1OCCNC(=O)[C@@H]1CCCN(c2ccc(Cl)nn2)C1. The molecule has 2 heterocycles. The molecule has 0 aliphatic carbocycles. The number of anilines is 1. The molecular formula is C19H23ClN4O3. The molecule has 1 aromatic carbocycles. The predicted molar refractivity (Wildman–Crippen MR) is 103 cm³/mol. The van der Waals surface area contributed by atoms with Gasteiger partial charge in [-0.15, -0.1) is 10.2 Å². The first-order valence-corrected chi connectivity index (χ1v) is 9.33. The van der Waals surface area contributed by atoms with Crippen molar-refractivity contribution in [1.82, 2.24) is 15.5 Å². The zero-order valence-corrected chi connectivity index (χ0v) is 16.0. The van der Waals surface area contributed by atoms with E-state index in [9.17, 15) is 4.79 Å². The standard InChI is InChI=1S/C19H23ClN4O3/c1-26-15-6-2-3-7-16(15)27-12-10-21-19(25)14-5-4-11-24(13-14)18-9-8-17(20)22-23-18/h2-3,6-9,14H,4-5,10-13H2,1H3,(H,21,25)/t14-/m1/s1. The van der Waals surface area contributed by atoms with Crippen LogP contribution >= 0.6 is 11.6 Å². The van der Waals surface area contributed by atoms with Crippen LogP contribution < -0.4 is 19.7 Å². The first-order chi connectivity index (χ1) is 13.2. The molecule has 0 saturated carbocycles. The van der Waals surface area contributed by atoms with Gasteiger partial charge in [-0.05, 0) is 37.1 Å². The second-order valence-corrected chi connectivity index (χ2v) is 6.68. The van der Waals surface area contributed by atoms with Gasteiger partial charge in [-0.2, -0.15) is 0 Å². The normalized spacial score (nSPS) is 16.7. The van der Waals surface area contributed by atoms with E-state index in [1.165, 1.54) is 0 Å². The zero-order chi connectivity index (χ0) is 19.1. The molecule has 1 saturated heterocycles. The van der Waals surface area contributed by atoms with Gasteiger partial charge in [0.1, 0.15) is 6.61 Å². The molecule has 1 N–H and O–H groups in total. The van der Waals surface area contributed by atoms with Crippen molar-refractivity contribution < 1.29 is 14.3 Å². The van der Waals surface area contributed by atoms with Crippen LogP contribution in [0, 0.1) is 5.92 Å². The van der Waals surface area contributed by atoms with E-state index in [1.807, 2.05) is 30.3 Å². The number of benzene rings is 1. The van der Waals surface area contributed by atoms with Crippen LogP contribution in [0.3, 0.4) is 0 Å². The predicted octanol–water partition coefficient (Wildman–Crippen LogP) is 2.55. The number of rotatable bonds is 7. The number of nitrogens with one attached hydrogen (secondary N) is 1. The molecule has 144 valence electrons. The summed E-state index contributed by atoms with van der Waals surface area (Å²) in [5.74, 6) is 2.04. The summed E-state index contributed by atoms with van der Waals surface area (Å²) in [7, 11) is 1.60. The van der Waals surface area contributed by atoms with Gasteiger partial charge in [-0.3, -0.25) is 4.79 Å². The maximum Gasteiger partial charge on any atom is 0.225 e. The van der Waals surface area contributed by atoms with E-state index < -0.39 is 0 Å². The summed E-state index contributed by atoms with van der Waals surface area (Å²) in [6, 6.07) is 11.0. The molecule has 27 heavy (non-hydrogen) atoms. The number of nitrogens with zero attached hydrogens (tertiary/aromatic N) is 3. The highest BCUT2D eigenvalue weighted by atomic mass is 35.5. The number of aromatic nitrogens is 2. The van der Waals surface area contributed by atoms with Crippen molar-refractivity contribution in [3.63, 3.8) is 0 Å². The summed E-state index contributed by atoms with van der Waals surface area (Å²) >= 11 is 5.79. The van der Waals surface area contributed by atoms with Crippen molar-refractivity contribution in [3.8, 4) is 11.5 Å². The lowest BCUT2D eigenvalue weighted by molar-refractivity contribution is -0.125. The van der Waals surface area contributed by atoms with Crippen molar-refractivity contribution in [3.05, 3.63) is 41.6 Å². The van der Waals surface area contributed by atoms with E-state index in [-0.39, 0.29) is 11.8 Å². The molecule has 7 nitrogen and oxygen atoms in total. The summed E-state index contributed by atoms with van der Waals surface area (Å²) in [5.41, 5.74) is 0. The van der Waals surface area contributed by atoms with Gasteiger partial charge < -0.3 is 19.7 Å². The number of hydrogen-bond donors (Lipinski definition) is 1. The lowest BCUT2D eigenvalue weighted by atomic mass is 9.97. The second-order valence-electron chi connectivity index (χ2n) is 6.29. The Balaban J connectivity index is 1.45. The first kappa shape index (κ1) is 19.2. The average molecular weight is 391 g/mol. The Hall–Kier alpha value is -2.54. The van der Waals surface area contributed by atoms with Crippen LogP contribution in [-0.2, 0) is 4.79 Å². The minimum Gasteiger partial charge on any atom is -0.493 e. The molecule has 1 fully saturated rings. The largest absolute Gasteiger partial charge is 0.493 e. The molecule has 0 bridgehead atoms. The Labute approximate surface area is 163 Å². The zero-order valence-electron chi connectivity index (χ0n) is 15.2. The number of hydrogen-bond acceptors (Lipinski definition) is 6. The minimum absolute atomic E-state index is 0.0326. The summed E-state index contributed by atoms with van der Waals surface area (Å²) in [6.07, 6.45) is 1.79. The van der Waals surface area contributed by atoms with Crippen LogP contribution in [0.25, 0.3) is 0 Å². The van der Waals surface area contributed by atoms with Crippen molar-refractivity contribution in [2.24, 2.45) is 5.92 Å². The molecule has 2 aromatic rings. The van der Waals surface area contributed by atoms with Crippen molar-refractivity contribution in [2.45, 2.75) is 12.8 Å². The Kier molecular flexibility index (Phi) is 6.70. The van der Waals surface area contributed by atoms with E-state index in [1.54, 1.807) is 13.2 Å². The van der Waals surface area contributed by atoms with Gasteiger partial charge in [-0.1, -0.05) is 23.7 Å². The molecule has 1 amide bonds. The Morgan fingerprint density at radius 2 is 2.07 bits per heavy atom. The lowest BCUT2D eigenvalue weighted by Crippen LogP contribution is -2.44. The Bertz CT molecular complexity index is 757. The first-order valence-electron chi connectivity index (χ1n) is 8.95. The third kappa shape index (κ3) is 5.23. The number of piperidine rings is 1. The third-order valence-corrected chi connectivity index (χ3v) is 4.66. The fraction of sp³-hybridized carbons (Fsp3) is 0.421. The van der Waals surface area contributed by atoms with E-state index in [0.717, 1.165) is 25.2 Å². The fourth-order valence-electron chi connectivity index (χ4n) is 3.09. The summed E-state index contributed by atoms with van der Waals surface area (Å²) in [4.78, 5) is 14.6. The molecule has 0 radical (unpaired) electrons. The number of para-hydroxylation sites is 2. The molecule has 1 aliphatic rings. The summed E-state index contributed by atoms with van der Waals surface area (Å²) < 4.78 is 10.9. The fourth-order valence-corrected chi connectivity index (χ4v) is 3.20. The van der Waals surface area contributed by atoms with Gasteiger partial charge >= 0.3 is 0 Å². The number of carbonyl (C=O) groups excluding carboxylic acids is 1. The van der Waals surface area contributed by atoms with Gasteiger partial charge in [0, 0.05) is 13.1 Å². The van der Waals surface area contributed by atoms with Gasteiger partial charge in [-0.25, -0.2) is 0 Å².